The van der Waals surface area contributed by atoms with Gasteiger partial charge < -0.3 is 14.3 Å². The third-order valence-electron chi connectivity index (χ3n) is 4.67. The lowest BCUT2D eigenvalue weighted by Crippen LogP contribution is -2.40. The van der Waals surface area contributed by atoms with E-state index in [4.69, 9.17) is 9.16 Å². The minimum atomic E-state index is -1.77. The van der Waals surface area contributed by atoms with Crippen LogP contribution in [0.2, 0.25) is 18.1 Å². The molecule has 0 aliphatic carbocycles. The van der Waals surface area contributed by atoms with Gasteiger partial charge in [-0.15, -0.1) is 11.3 Å². The smallest absolute Gasteiger partial charge is 0.192 e. The third kappa shape index (κ3) is 3.56. The summed E-state index contributed by atoms with van der Waals surface area (Å²) in [5.41, 5.74) is 0.0603. The quantitative estimate of drug-likeness (QED) is 0.858. The van der Waals surface area contributed by atoms with Crippen molar-refractivity contribution < 1.29 is 14.3 Å². The van der Waals surface area contributed by atoms with Gasteiger partial charge in [-0.25, -0.2) is 4.98 Å². The second-order valence-corrected chi connectivity index (χ2v) is 13.4. The fourth-order valence-corrected chi connectivity index (χ4v) is 3.90. The van der Waals surface area contributed by atoms with Gasteiger partial charge >= 0.3 is 0 Å². The summed E-state index contributed by atoms with van der Waals surface area (Å²) in [6.45, 7) is 14.7. The van der Waals surface area contributed by atoms with Crippen LogP contribution in [0.25, 0.3) is 0 Å². The first-order chi connectivity index (χ1) is 9.55. The van der Waals surface area contributed by atoms with Crippen LogP contribution in [0.3, 0.4) is 0 Å². The number of thiazole rings is 1. The SMILES string of the molecule is Cc1sc(C2(O)CCOC2)nc1CO[Si](C)(C)C(C)(C)C. The zero-order valence-electron chi connectivity index (χ0n) is 13.9. The molecule has 0 radical (unpaired) electrons. The summed E-state index contributed by atoms with van der Waals surface area (Å²) in [5.74, 6) is 0. The Labute approximate surface area is 132 Å². The minimum absolute atomic E-state index is 0.192. The van der Waals surface area contributed by atoms with Gasteiger partial charge in [0, 0.05) is 17.9 Å². The molecule has 0 saturated carbocycles. The first kappa shape index (κ1) is 17.1. The monoisotopic (exact) mass is 329 g/mol. The van der Waals surface area contributed by atoms with Crippen LogP contribution in [-0.4, -0.2) is 31.6 Å². The lowest BCUT2D eigenvalue weighted by Gasteiger charge is -2.36. The average Bonchev–Trinajstić information content (AvgIpc) is 2.93. The Kier molecular flexibility index (Phi) is 4.67. The van der Waals surface area contributed by atoms with E-state index in [-0.39, 0.29) is 5.04 Å². The maximum atomic E-state index is 10.5. The summed E-state index contributed by atoms with van der Waals surface area (Å²) in [4.78, 5) is 5.76. The fourth-order valence-electron chi connectivity index (χ4n) is 1.95. The summed E-state index contributed by atoms with van der Waals surface area (Å²) in [5, 5.41) is 11.5. The van der Waals surface area contributed by atoms with Crippen molar-refractivity contribution in [3.63, 3.8) is 0 Å². The van der Waals surface area contributed by atoms with Gasteiger partial charge in [-0.05, 0) is 25.1 Å². The fraction of sp³-hybridized carbons (Fsp3) is 0.800. The molecule has 1 aliphatic rings. The van der Waals surface area contributed by atoms with Crippen molar-refractivity contribution in [3.05, 3.63) is 15.6 Å². The number of rotatable bonds is 4. The second kappa shape index (κ2) is 5.74. The van der Waals surface area contributed by atoms with Crippen LogP contribution in [0.4, 0.5) is 0 Å². The number of aromatic nitrogens is 1. The highest BCUT2D eigenvalue weighted by Crippen LogP contribution is 2.38. The van der Waals surface area contributed by atoms with Gasteiger partial charge in [-0.2, -0.15) is 0 Å². The van der Waals surface area contributed by atoms with Gasteiger partial charge in [0.05, 0.1) is 18.9 Å². The highest BCUT2D eigenvalue weighted by Gasteiger charge is 2.39. The van der Waals surface area contributed by atoms with Crippen molar-refractivity contribution in [3.8, 4) is 0 Å². The molecule has 6 heteroatoms. The van der Waals surface area contributed by atoms with Crippen LogP contribution in [0, 0.1) is 6.92 Å². The largest absolute Gasteiger partial charge is 0.411 e. The molecule has 21 heavy (non-hydrogen) atoms. The molecule has 0 bridgehead atoms. The van der Waals surface area contributed by atoms with Crippen LogP contribution in [-0.2, 0) is 21.4 Å². The number of hydrogen-bond donors (Lipinski definition) is 1. The molecule has 4 nitrogen and oxygen atoms in total. The molecule has 1 aromatic heterocycles. The molecule has 1 fully saturated rings. The Hall–Kier alpha value is -0.273. The highest BCUT2D eigenvalue weighted by atomic mass is 32.1. The maximum absolute atomic E-state index is 10.5. The molecule has 2 heterocycles. The summed E-state index contributed by atoms with van der Waals surface area (Å²) in [6.07, 6.45) is 0.627. The molecule has 1 aromatic rings. The van der Waals surface area contributed by atoms with E-state index in [1.54, 1.807) is 11.3 Å². The highest BCUT2D eigenvalue weighted by molar-refractivity contribution is 7.11. The van der Waals surface area contributed by atoms with Gasteiger partial charge in [0.15, 0.2) is 8.32 Å². The van der Waals surface area contributed by atoms with Gasteiger partial charge in [-0.1, -0.05) is 20.8 Å². The van der Waals surface area contributed by atoms with E-state index in [0.717, 1.165) is 15.6 Å². The Morgan fingerprint density at radius 1 is 1.43 bits per heavy atom. The van der Waals surface area contributed by atoms with Gasteiger partial charge in [0.2, 0.25) is 0 Å². The van der Waals surface area contributed by atoms with Gasteiger partial charge in [0.25, 0.3) is 0 Å². The molecule has 1 unspecified atom stereocenters. The third-order valence-corrected chi connectivity index (χ3v) is 10.4. The number of ether oxygens (including phenoxy) is 1. The standard InChI is InChI=1S/C15H27NO3SSi/c1-11-12(9-19-21(5,6)14(2,3)4)16-13(20-11)15(17)7-8-18-10-15/h17H,7-10H2,1-6H3. The van der Waals surface area contributed by atoms with E-state index in [9.17, 15) is 5.11 Å². The van der Waals surface area contributed by atoms with Crippen LogP contribution in [0.5, 0.6) is 0 Å². The Morgan fingerprint density at radius 3 is 2.62 bits per heavy atom. The van der Waals surface area contributed by atoms with Crippen molar-refractivity contribution in [2.75, 3.05) is 13.2 Å². The second-order valence-electron chi connectivity index (χ2n) is 7.41. The Morgan fingerprint density at radius 2 is 2.10 bits per heavy atom. The van der Waals surface area contributed by atoms with E-state index in [2.05, 4.69) is 38.8 Å². The molecule has 0 amide bonds. The van der Waals surface area contributed by atoms with Crippen molar-refractivity contribution in [2.45, 2.75) is 64.5 Å². The first-order valence-electron chi connectivity index (χ1n) is 7.46. The maximum Gasteiger partial charge on any atom is 0.192 e. The summed E-state index contributed by atoms with van der Waals surface area (Å²) >= 11 is 1.56. The zero-order valence-corrected chi connectivity index (χ0v) is 15.8. The first-order valence-corrected chi connectivity index (χ1v) is 11.2. The zero-order chi connectivity index (χ0) is 15.9. The molecular weight excluding hydrogens is 302 g/mol. The number of hydrogen-bond acceptors (Lipinski definition) is 5. The molecule has 1 atom stereocenters. The van der Waals surface area contributed by atoms with Crippen LogP contribution < -0.4 is 0 Å². The Balaban J connectivity index is 2.10. The van der Waals surface area contributed by atoms with E-state index < -0.39 is 13.9 Å². The topological polar surface area (TPSA) is 51.6 Å². The Bertz CT molecular complexity index is 502. The lowest BCUT2D eigenvalue weighted by atomic mass is 10.1. The normalized spacial score (nSPS) is 23.8. The number of aliphatic hydroxyl groups is 1. The molecular formula is C15H27NO3SSi. The molecule has 1 N–H and O–H groups in total. The van der Waals surface area contributed by atoms with Gasteiger partial charge in [-0.3, -0.25) is 0 Å². The van der Waals surface area contributed by atoms with E-state index in [1.165, 1.54) is 0 Å². The molecule has 1 aliphatic heterocycles. The average molecular weight is 330 g/mol. The van der Waals surface area contributed by atoms with E-state index >= 15 is 0 Å². The molecule has 1 saturated heterocycles. The lowest BCUT2D eigenvalue weighted by molar-refractivity contribution is 0.0228. The molecule has 120 valence electrons. The number of aryl methyl sites for hydroxylation is 1. The van der Waals surface area contributed by atoms with Crippen LogP contribution >= 0.6 is 11.3 Å². The van der Waals surface area contributed by atoms with Crippen LogP contribution in [0.15, 0.2) is 0 Å². The summed E-state index contributed by atoms with van der Waals surface area (Å²) in [7, 11) is -1.77. The summed E-state index contributed by atoms with van der Waals surface area (Å²) < 4.78 is 11.6. The van der Waals surface area contributed by atoms with E-state index in [0.29, 0.717) is 26.2 Å². The van der Waals surface area contributed by atoms with Crippen molar-refractivity contribution in [1.82, 2.24) is 4.98 Å². The molecule has 0 spiro atoms. The van der Waals surface area contributed by atoms with Crippen LogP contribution in [0.1, 0.15) is 42.8 Å². The van der Waals surface area contributed by atoms with Gasteiger partial charge in [0.1, 0.15) is 10.6 Å². The minimum Gasteiger partial charge on any atom is -0.411 e. The predicted octanol–water partition coefficient (Wildman–Crippen LogP) is 3.58. The van der Waals surface area contributed by atoms with E-state index in [1.807, 2.05) is 6.92 Å². The predicted molar refractivity (Wildman–Crippen MR) is 88.2 cm³/mol. The summed E-state index contributed by atoms with van der Waals surface area (Å²) in [6, 6.07) is 0. The number of nitrogens with zero attached hydrogens (tertiary/aromatic N) is 1. The molecule has 2 rings (SSSR count). The van der Waals surface area contributed by atoms with Crippen molar-refractivity contribution >= 4 is 19.7 Å². The van der Waals surface area contributed by atoms with Crippen molar-refractivity contribution in [1.29, 1.82) is 0 Å². The van der Waals surface area contributed by atoms with Crippen molar-refractivity contribution in [2.24, 2.45) is 0 Å². The molecule has 0 aromatic carbocycles.